The van der Waals surface area contributed by atoms with Gasteiger partial charge in [-0.2, -0.15) is 0 Å². The molecular weight excluding hydrogens is 326 g/mol. The smallest absolute Gasteiger partial charge is 0.136 e. The lowest BCUT2D eigenvalue weighted by atomic mass is 9.97. The summed E-state index contributed by atoms with van der Waals surface area (Å²) in [4.78, 5) is 0. The van der Waals surface area contributed by atoms with E-state index in [0.717, 1.165) is 22.2 Å². The van der Waals surface area contributed by atoms with Crippen LogP contribution in [-0.2, 0) is 0 Å². The van der Waals surface area contributed by atoms with Crippen LogP contribution in [0.5, 0.6) is 5.75 Å². The lowest BCUT2D eigenvalue weighted by Gasteiger charge is -2.22. The Labute approximate surface area is 135 Å². The summed E-state index contributed by atoms with van der Waals surface area (Å²) in [6.07, 6.45) is 0.956. The predicted molar refractivity (Wildman–Crippen MR) is 91.7 cm³/mol. The first-order chi connectivity index (χ1) is 10.2. The van der Waals surface area contributed by atoms with Gasteiger partial charge < -0.3 is 10.5 Å². The molecule has 0 fully saturated rings. The summed E-state index contributed by atoms with van der Waals surface area (Å²) < 4.78 is 7.25. The molecule has 21 heavy (non-hydrogen) atoms. The fourth-order valence-corrected chi connectivity index (χ4v) is 2.74. The normalized spacial score (nSPS) is 13.7. The summed E-state index contributed by atoms with van der Waals surface area (Å²) in [5.41, 5.74) is 8.25. The van der Waals surface area contributed by atoms with E-state index in [9.17, 15) is 0 Å². The molecule has 2 aromatic carbocycles. The van der Waals surface area contributed by atoms with Crippen LogP contribution in [0.4, 0.5) is 0 Å². The fourth-order valence-electron chi connectivity index (χ4n) is 2.33. The van der Waals surface area contributed by atoms with Crippen molar-refractivity contribution in [2.45, 2.75) is 32.3 Å². The first-order valence-electron chi connectivity index (χ1n) is 7.36. The van der Waals surface area contributed by atoms with Crippen molar-refractivity contribution in [1.82, 2.24) is 0 Å². The second-order valence-electron chi connectivity index (χ2n) is 5.24. The van der Waals surface area contributed by atoms with Crippen LogP contribution in [0.15, 0.2) is 53.0 Å². The molecule has 0 saturated heterocycles. The topological polar surface area (TPSA) is 35.2 Å². The highest BCUT2D eigenvalue weighted by Crippen LogP contribution is 2.32. The third-order valence-electron chi connectivity index (χ3n) is 3.77. The number of rotatable bonds is 6. The molecule has 0 aliphatic carbocycles. The maximum absolute atomic E-state index is 6.21. The van der Waals surface area contributed by atoms with Crippen molar-refractivity contribution in [3.63, 3.8) is 0 Å². The van der Waals surface area contributed by atoms with Crippen molar-refractivity contribution in [2.24, 2.45) is 5.73 Å². The number of ether oxygens (including phenoxy) is 1. The zero-order chi connectivity index (χ0) is 15.2. The Hall–Kier alpha value is -1.32. The van der Waals surface area contributed by atoms with Gasteiger partial charge >= 0.3 is 0 Å². The van der Waals surface area contributed by atoms with Crippen LogP contribution >= 0.6 is 15.9 Å². The van der Waals surface area contributed by atoms with Gasteiger partial charge in [-0.3, -0.25) is 0 Å². The van der Waals surface area contributed by atoms with Crippen LogP contribution in [0.25, 0.3) is 0 Å². The van der Waals surface area contributed by atoms with Crippen LogP contribution in [0, 0.1) is 0 Å². The van der Waals surface area contributed by atoms with Gasteiger partial charge in [0.2, 0.25) is 0 Å². The quantitative estimate of drug-likeness (QED) is 0.794. The average molecular weight is 348 g/mol. The number of benzene rings is 2. The molecule has 2 atom stereocenters. The Balaban J connectivity index is 2.27. The van der Waals surface area contributed by atoms with Crippen LogP contribution < -0.4 is 10.5 Å². The van der Waals surface area contributed by atoms with Gasteiger partial charge in [-0.25, -0.2) is 0 Å². The molecule has 112 valence electrons. The van der Waals surface area contributed by atoms with E-state index in [1.165, 1.54) is 5.56 Å². The lowest BCUT2D eigenvalue weighted by Crippen LogP contribution is -2.19. The Kier molecular flexibility index (Phi) is 5.83. The molecule has 3 heteroatoms. The second-order valence-corrected chi connectivity index (χ2v) is 6.16. The van der Waals surface area contributed by atoms with Crippen LogP contribution in [0.1, 0.15) is 43.4 Å². The Morgan fingerprint density at radius 1 is 1.14 bits per heavy atom. The van der Waals surface area contributed by atoms with Crippen LogP contribution in [0.3, 0.4) is 0 Å². The van der Waals surface area contributed by atoms with E-state index in [2.05, 4.69) is 48.0 Å². The molecule has 2 aromatic rings. The molecule has 2 rings (SSSR count). The fraction of sp³-hybridized carbons (Fsp3) is 0.333. The SMILES string of the molecule is CCC(C)c1ccccc1OC(CN)c1cccc(Br)c1. The van der Waals surface area contributed by atoms with E-state index >= 15 is 0 Å². The molecule has 0 spiro atoms. The number of halogens is 1. The molecule has 0 amide bonds. The highest BCUT2D eigenvalue weighted by Gasteiger charge is 2.16. The van der Waals surface area contributed by atoms with Gasteiger partial charge in [0.15, 0.2) is 0 Å². The van der Waals surface area contributed by atoms with Crippen molar-refractivity contribution < 1.29 is 4.74 Å². The Bertz CT molecular complexity index is 585. The molecule has 2 N–H and O–H groups in total. The van der Waals surface area contributed by atoms with Crippen molar-refractivity contribution in [1.29, 1.82) is 0 Å². The maximum Gasteiger partial charge on any atom is 0.136 e. The van der Waals surface area contributed by atoms with Crippen molar-refractivity contribution in [2.75, 3.05) is 6.54 Å². The molecule has 0 aromatic heterocycles. The highest BCUT2D eigenvalue weighted by molar-refractivity contribution is 9.10. The van der Waals surface area contributed by atoms with Gasteiger partial charge in [-0.05, 0) is 41.7 Å². The number of hydrogen-bond donors (Lipinski definition) is 1. The van der Waals surface area contributed by atoms with E-state index < -0.39 is 0 Å². The molecule has 0 saturated carbocycles. The van der Waals surface area contributed by atoms with E-state index in [1.54, 1.807) is 0 Å². The van der Waals surface area contributed by atoms with Crippen molar-refractivity contribution in [3.8, 4) is 5.75 Å². The largest absolute Gasteiger partial charge is 0.484 e. The number of para-hydroxylation sites is 1. The third kappa shape index (κ3) is 4.08. The van der Waals surface area contributed by atoms with Crippen molar-refractivity contribution in [3.05, 3.63) is 64.1 Å². The lowest BCUT2D eigenvalue weighted by molar-refractivity contribution is 0.211. The minimum atomic E-state index is -0.132. The first-order valence-corrected chi connectivity index (χ1v) is 8.16. The summed E-state index contributed by atoms with van der Waals surface area (Å²) >= 11 is 3.50. The van der Waals surface area contributed by atoms with Crippen LogP contribution in [-0.4, -0.2) is 6.54 Å². The van der Waals surface area contributed by atoms with Gasteiger partial charge in [-0.1, -0.05) is 60.1 Å². The standard InChI is InChI=1S/C18H22BrNO/c1-3-13(2)16-9-4-5-10-17(16)21-18(12-20)14-7-6-8-15(19)11-14/h4-11,13,18H,3,12,20H2,1-2H3. The van der Waals surface area contributed by atoms with Gasteiger partial charge in [-0.15, -0.1) is 0 Å². The van der Waals surface area contributed by atoms with Gasteiger partial charge in [0.1, 0.15) is 11.9 Å². The number of hydrogen-bond acceptors (Lipinski definition) is 2. The molecule has 0 aliphatic rings. The zero-order valence-electron chi connectivity index (χ0n) is 12.6. The molecule has 0 radical (unpaired) electrons. The van der Waals surface area contributed by atoms with E-state index in [4.69, 9.17) is 10.5 Å². The minimum Gasteiger partial charge on any atom is -0.484 e. The Morgan fingerprint density at radius 3 is 2.57 bits per heavy atom. The predicted octanol–water partition coefficient (Wildman–Crippen LogP) is 5.04. The van der Waals surface area contributed by atoms with E-state index in [1.807, 2.05) is 30.3 Å². The third-order valence-corrected chi connectivity index (χ3v) is 4.26. The molecule has 2 nitrogen and oxygen atoms in total. The highest BCUT2D eigenvalue weighted by atomic mass is 79.9. The van der Waals surface area contributed by atoms with Gasteiger partial charge in [0.05, 0.1) is 0 Å². The first kappa shape index (κ1) is 16.1. The van der Waals surface area contributed by atoms with Gasteiger partial charge in [0, 0.05) is 11.0 Å². The van der Waals surface area contributed by atoms with Crippen LogP contribution in [0.2, 0.25) is 0 Å². The molecule has 0 bridgehead atoms. The summed E-state index contributed by atoms with van der Waals surface area (Å²) in [6, 6.07) is 16.4. The molecular formula is C18H22BrNO. The molecule has 0 aliphatic heterocycles. The zero-order valence-corrected chi connectivity index (χ0v) is 14.1. The summed E-state index contributed by atoms with van der Waals surface area (Å²) in [7, 11) is 0. The minimum absolute atomic E-state index is 0.132. The Morgan fingerprint density at radius 2 is 1.90 bits per heavy atom. The monoisotopic (exact) mass is 347 g/mol. The van der Waals surface area contributed by atoms with Gasteiger partial charge in [0.25, 0.3) is 0 Å². The summed E-state index contributed by atoms with van der Waals surface area (Å²) in [6.45, 7) is 4.86. The second kappa shape index (κ2) is 7.62. The average Bonchev–Trinajstić information content (AvgIpc) is 2.52. The summed E-state index contributed by atoms with van der Waals surface area (Å²) in [5, 5.41) is 0. The maximum atomic E-state index is 6.21. The molecule has 0 heterocycles. The molecule has 2 unspecified atom stereocenters. The van der Waals surface area contributed by atoms with Crippen molar-refractivity contribution >= 4 is 15.9 Å². The number of nitrogens with two attached hydrogens (primary N) is 1. The summed E-state index contributed by atoms with van der Waals surface area (Å²) in [5.74, 6) is 1.41. The van der Waals surface area contributed by atoms with E-state index in [-0.39, 0.29) is 6.10 Å². The van der Waals surface area contributed by atoms with E-state index in [0.29, 0.717) is 12.5 Å².